The van der Waals surface area contributed by atoms with Crippen molar-refractivity contribution in [3.63, 3.8) is 0 Å². The predicted octanol–water partition coefficient (Wildman–Crippen LogP) is 2.29. The SMILES string of the molecule is COc1cncc(NC(=O)C2=NO[C@@H]3CN(Cc4sccc4C)C[C@H]23)c1. The van der Waals surface area contributed by atoms with Gasteiger partial charge in [0.15, 0.2) is 5.71 Å². The molecule has 0 aliphatic carbocycles. The molecule has 0 unspecified atom stereocenters. The van der Waals surface area contributed by atoms with Crippen LogP contribution in [-0.4, -0.2) is 47.8 Å². The molecule has 136 valence electrons. The van der Waals surface area contributed by atoms with Crippen LogP contribution in [0.2, 0.25) is 0 Å². The van der Waals surface area contributed by atoms with E-state index in [4.69, 9.17) is 9.57 Å². The first-order valence-electron chi connectivity index (χ1n) is 8.43. The summed E-state index contributed by atoms with van der Waals surface area (Å²) in [5.74, 6) is 0.333. The predicted molar refractivity (Wildman–Crippen MR) is 99.5 cm³/mol. The van der Waals surface area contributed by atoms with Crippen LogP contribution in [0.1, 0.15) is 10.4 Å². The van der Waals surface area contributed by atoms with Gasteiger partial charge >= 0.3 is 0 Å². The molecule has 0 radical (unpaired) electrons. The second-order valence-corrected chi connectivity index (χ2v) is 7.52. The molecule has 2 aliphatic heterocycles. The van der Waals surface area contributed by atoms with Crippen molar-refractivity contribution in [2.45, 2.75) is 19.6 Å². The van der Waals surface area contributed by atoms with Gasteiger partial charge in [-0.3, -0.25) is 14.7 Å². The molecule has 4 heterocycles. The van der Waals surface area contributed by atoms with Crippen molar-refractivity contribution >= 4 is 28.6 Å². The van der Waals surface area contributed by atoms with Crippen molar-refractivity contribution in [3.05, 3.63) is 40.3 Å². The summed E-state index contributed by atoms with van der Waals surface area (Å²) in [6, 6.07) is 3.86. The minimum Gasteiger partial charge on any atom is -0.495 e. The lowest BCUT2D eigenvalue weighted by atomic mass is 10.0. The lowest BCUT2D eigenvalue weighted by Crippen LogP contribution is -2.32. The number of methoxy groups -OCH3 is 1. The highest BCUT2D eigenvalue weighted by Gasteiger charge is 2.44. The van der Waals surface area contributed by atoms with Crippen LogP contribution in [-0.2, 0) is 16.2 Å². The number of carbonyl (C=O) groups is 1. The molecular formula is C18H20N4O3S. The number of anilines is 1. The minimum absolute atomic E-state index is 0.00571. The van der Waals surface area contributed by atoms with E-state index < -0.39 is 0 Å². The van der Waals surface area contributed by atoms with Crippen LogP contribution in [0.15, 0.2) is 35.1 Å². The summed E-state index contributed by atoms with van der Waals surface area (Å²) in [6.07, 6.45) is 3.11. The van der Waals surface area contributed by atoms with Crippen molar-refractivity contribution in [1.29, 1.82) is 0 Å². The Kier molecular flexibility index (Phi) is 4.60. The van der Waals surface area contributed by atoms with Crippen molar-refractivity contribution in [1.82, 2.24) is 9.88 Å². The highest BCUT2D eigenvalue weighted by Crippen LogP contribution is 2.30. The Morgan fingerprint density at radius 2 is 2.35 bits per heavy atom. The lowest BCUT2D eigenvalue weighted by molar-refractivity contribution is -0.110. The average Bonchev–Trinajstić information content (AvgIpc) is 3.31. The largest absolute Gasteiger partial charge is 0.495 e. The van der Waals surface area contributed by atoms with Gasteiger partial charge in [0.1, 0.15) is 11.9 Å². The summed E-state index contributed by atoms with van der Waals surface area (Å²) in [4.78, 5) is 25.9. The van der Waals surface area contributed by atoms with E-state index in [2.05, 4.69) is 38.7 Å². The van der Waals surface area contributed by atoms with E-state index >= 15 is 0 Å². The number of rotatable bonds is 5. The van der Waals surface area contributed by atoms with Gasteiger partial charge in [0.05, 0.1) is 31.1 Å². The highest BCUT2D eigenvalue weighted by atomic mass is 32.1. The fourth-order valence-corrected chi connectivity index (χ4v) is 4.26. The number of hydrogen-bond donors (Lipinski definition) is 1. The van der Waals surface area contributed by atoms with Gasteiger partial charge < -0.3 is 14.9 Å². The van der Waals surface area contributed by atoms with Gasteiger partial charge in [0, 0.05) is 30.6 Å². The monoisotopic (exact) mass is 372 g/mol. The van der Waals surface area contributed by atoms with Crippen LogP contribution in [0, 0.1) is 12.8 Å². The van der Waals surface area contributed by atoms with E-state index in [9.17, 15) is 4.79 Å². The van der Waals surface area contributed by atoms with Crippen molar-refractivity contribution in [3.8, 4) is 5.75 Å². The van der Waals surface area contributed by atoms with Gasteiger partial charge in [-0.25, -0.2) is 0 Å². The molecule has 1 amide bonds. The Hall–Kier alpha value is -2.45. The summed E-state index contributed by atoms with van der Waals surface area (Å²) >= 11 is 1.77. The molecule has 26 heavy (non-hydrogen) atoms. The molecule has 1 N–H and O–H groups in total. The summed E-state index contributed by atoms with van der Waals surface area (Å²) in [6.45, 7) is 4.56. The number of aryl methyl sites for hydroxylation is 1. The van der Waals surface area contributed by atoms with Gasteiger partial charge in [0.2, 0.25) is 0 Å². The molecule has 4 rings (SSSR count). The fraction of sp³-hybridized carbons (Fsp3) is 0.389. The van der Waals surface area contributed by atoms with E-state index in [-0.39, 0.29) is 17.9 Å². The zero-order valence-corrected chi connectivity index (χ0v) is 15.5. The van der Waals surface area contributed by atoms with Crippen LogP contribution in [0.25, 0.3) is 0 Å². The lowest BCUT2D eigenvalue weighted by Gasteiger charge is -2.15. The number of aromatic nitrogens is 1. The Bertz CT molecular complexity index is 850. The van der Waals surface area contributed by atoms with E-state index in [0.717, 1.165) is 19.6 Å². The first kappa shape index (κ1) is 17.0. The third kappa shape index (κ3) is 3.30. The van der Waals surface area contributed by atoms with Gasteiger partial charge in [-0.2, -0.15) is 0 Å². The molecule has 0 bridgehead atoms. The maximum atomic E-state index is 12.6. The molecule has 1 saturated heterocycles. The van der Waals surface area contributed by atoms with Gasteiger partial charge in [-0.05, 0) is 23.9 Å². The summed E-state index contributed by atoms with van der Waals surface area (Å²) in [7, 11) is 1.56. The zero-order valence-electron chi connectivity index (χ0n) is 14.6. The number of carbonyl (C=O) groups excluding carboxylic acids is 1. The number of ether oxygens (including phenoxy) is 1. The van der Waals surface area contributed by atoms with Gasteiger partial charge in [0.25, 0.3) is 5.91 Å². The number of nitrogens with zero attached hydrogens (tertiary/aromatic N) is 3. The second-order valence-electron chi connectivity index (χ2n) is 6.52. The molecule has 2 aliphatic rings. The van der Waals surface area contributed by atoms with Crippen LogP contribution in [0.3, 0.4) is 0 Å². The Morgan fingerprint density at radius 1 is 1.46 bits per heavy atom. The smallest absolute Gasteiger partial charge is 0.273 e. The Morgan fingerprint density at radius 3 is 3.12 bits per heavy atom. The topological polar surface area (TPSA) is 76.0 Å². The van der Waals surface area contributed by atoms with E-state index in [0.29, 0.717) is 17.1 Å². The summed E-state index contributed by atoms with van der Waals surface area (Å²) in [5.41, 5.74) is 2.33. The standard InChI is InChI=1S/C18H20N4O3S/c1-11-3-4-26-16(11)10-22-8-14-15(9-22)25-21-17(14)18(23)20-12-5-13(24-2)7-19-6-12/h3-7,14-15H,8-10H2,1-2H3,(H,20,23)/t14-,15+/m0/s1. The second kappa shape index (κ2) is 7.05. The zero-order chi connectivity index (χ0) is 18.1. The van der Waals surface area contributed by atoms with Crippen LogP contribution < -0.4 is 10.1 Å². The average molecular weight is 372 g/mol. The fourth-order valence-electron chi connectivity index (χ4n) is 3.32. The molecule has 0 spiro atoms. The number of pyridine rings is 1. The summed E-state index contributed by atoms with van der Waals surface area (Å²) < 4.78 is 5.13. The third-order valence-electron chi connectivity index (χ3n) is 4.75. The third-order valence-corrected chi connectivity index (χ3v) is 5.76. The Labute approximate surface area is 155 Å². The van der Waals surface area contributed by atoms with E-state index in [1.165, 1.54) is 10.4 Å². The Balaban J connectivity index is 1.40. The first-order chi connectivity index (χ1) is 12.6. The quantitative estimate of drug-likeness (QED) is 0.871. The number of thiophene rings is 1. The molecule has 0 aromatic carbocycles. The first-order valence-corrected chi connectivity index (χ1v) is 9.31. The number of likely N-dealkylation sites (tertiary alicyclic amines) is 1. The number of nitrogens with one attached hydrogen (secondary N) is 1. The van der Waals surface area contributed by atoms with E-state index in [1.807, 2.05) is 0 Å². The molecule has 8 heteroatoms. The molecule has 0 saturated carbocycles. The molecule has 1 fully saturated rings. The van der Waals surface area contributed by atoms with Crippen LogP contribution in [0.5, 0.6) is 5.75 Å². The van der Waals surface area contributed by atoms with Gasteiger partial charge in [-0.15, -0.1) is 11.3 Å². The highest BCUT2D eigenvalue weighted by molar-refractivity contribution is 7.10. The van der Waals surface area contributed by atoms with Gasteiger partial charge in [-0.1, -0.05) is 5.16 Å². The maximum absolute atomic E-state index is 12.6. The number of amides is 1. The van der Waals surface area contributed by atoms with Crippen molar-refractivity contribution < 1.29 is 14.4 Å². The molecule has 2 aromatic heterocycles. The van der Waals surface area contributed by atoms with Crippen molar-refractivity contribution in [2.75, 3.05) is 25.5 Å². The molecule has 2 atom stereocenters. The number of fused-ring (bicyclic) bond motifs is 1. The van der Waals surface area contributed by atoms with Crippen LogP contribution in [0.4, 0.5) is 5.69 Å². The molecular weight excluding hydrogens is 352 g/mol. The number of hydrogen-bond acceptors (Lipinski definition) is 7. The molecule has 2 aromatic rings. The maximum Gasteiger partial charge on any atom is 0.273 e. The van der Waals surface area contributed by atoms with E-state index in [1.54, 1.807) is 36.9 Å². The normalized spacial score (nSPS) is 21.8. The summed E-state index contributed by atoms with van der Waals surface area (Å²) in [5, 5.41) is 8.98. The van der Waals surface area contributed by atoms with Crippen molar-refractivity contribution in [2.24, 2.45) is 11.1 Å². The minimum atomic E-state index is -0.248. The molecule has 7 nitrogen and oxygen atoms in total. The number of oxime groups is 1. The van der Waals surface area contributed by atoms with Crippen LogP contribution >= 0.6 is 11.3 Å².